The first kappa shape index (κ1) is 26.9. The zero-order valence-corrected chi connectivity index (χ0v) is 23.0. The Labute approximate surface area is 236 Å². The third-order valence-electron chi connectivity index (χ3n) is 6.62. The summed E-state index contributed by atoms with van der Waals surface area (Å²) in [5, 5.41) is 4.86. The van der Waals surface area contributed by atoms with Crippen LogP contribution < -0.4 is 9.47 Å². The Hall–Kier alpha value is -4.70. The molecule has 0 aromatic heterocycles. The van der Waals surface area contributed by atoms with Crippen molar-refractivity contribution in [1.82, 2.24) is 0 Å². The lowest BCUT2D eigenvalue weighted by Crippen LogP contribution is -2.03. The molecule has 0 radical (unpaired) electrons. The van der Waals surface area contributed by atoms with Crippen LogP contribution in [0, 0.1) is 0 Å². The molecule has 0 bridgehead atoms. The average molecular weight is 531 g/mol. The van der Waals surface area contributed by atoms with E-state index in [2.05, 4.69) is 72.8 Å². The van der Waals surface area contributed by atoms with E-state index in [1.165, 1.54) is 32.7 Å². The van der Waals surface area contributed by atoms with Crippen LogP contribution in [0.2, 0.25) is 0 Å². The molecule has 0 spiro atoms. The lowest BCUT2D eigenvalue weighted by atomic mass is 9.86. The molecule has 0 saturated heterocycles. The first-order chi connectivity index (χ1) is 19.8. The van der Waals surface area contributed by atoms with Gasteiger partial charge in [-0.15, -0.1) is 0 Å². The Kier molecular flexibility index (Phi) is 9.00. The molecule has 0 atom stereocenters. The number of allylic oxidation sites excluding steroid dienone is 2. The van der Waals surface area contributed by atoms with Crippen LogP contribution in [0.15, 0.2) is 122 Å². The summed E-state index contributed by atoms with van der Waals surface area (Å²) < 4.78 is 22.5. The number of fused-ring (bicyclic) bond motifs is 2. The molecule has 0 aliphatic heterocycles. The highest BCUT2D eigenvalue weighted by Gasteiger charge is 2.16. The van der Waals surface area contributed by atoms with Crippen LogP contribution in [0.1, 0.15) is 13.8 Å². The van der Waals surface area contributed by atoms with Gasteiger partial charge in [0.25, 0.3) is 0 Å². The molecule has 5 rings (SSSR count). The van der Waals surface area contributed by atoms with Gasteiger partial charge in [-0.3, -0.25) is 0 Å². The number of benzene rings is 5. The summed E-state index contributed by atoms with van der Waals surface area (Å²) in [7, 11) is 0. The van der Waals surface area contributed by atoms with Gasteiger partial charge in [-0.2, -0.15) is 0 Å². The van der Waals surface area contributed by atoms with Crippen molar-refractivity contribution >= 4 is 21.5 Å². The van der Waals surface area contributed by atoms with E-state index in [1.807, 2.05) is 50.3 Å². The van der Waals surface area contributed by atoms with Gasteiger partial charge in [0.1, 0.15) is 37.9 Å². The van der Waals surface area contributed by atoms with Crippen molar-refractivity contribution in [2.24, 2.45) is 0 Å². The van der Waals surface area contributed by atoms with Crippen molar-refractivity contribution in [2.75, 3.05) is 26.4 Å². The van der Waals surface area contributed by atoms with E-state index in [-0.39, 0.29) is 0 Å². The van der Waals surface area contributed by atoms with Crippen molar-refractivity contribution < 1.29 is 18.9 Å². The summed E-state index contributed by atoms with van der Waals surface area (Å²) in [6, 6.07) is 34.0. The van der Waals surface area contributed by atoms with E-state index < -0.39 is 0 Å². The smallest absolute Gasteiger partial charge is 0.122 e. The Morgan fingerprint density at radius 1 is 0.450 bits per heavy atom. The standard InChI is InChI=1S/C36H34O4/c1-3-21-37-23-25-39-29-17-13-27(14-18-29)35-31-9-5-7-11-33(31)36(34-12-8-6-10-32(34)35)28-15-19-30(20-16-28)40-26-24-38-22-4-2/h3-22H,23-26H2,1-2H3. The molecule has 4 heteroatoms. The molecular formula is C36H34O4. The maximum Gasteiger partial charge on any atom is 0.122 e. The molecular weight excluding hydrogens is 496 g/mol. The molecule has 5 aromatic rings. The highest BCUT2D eigenvalue weighted by Crippen LogP contribution is 2.43. The van der Waals surface area contributed by atoms with Gasteiger partial charge in [0, 0.05) is 0 Å². The van der Waals surface area contributed by atoms with Gasteiger partial charge in [-0.25, -0.2) is 0 Å². The van der Waals surface area contributed by atoms with Crippen molar-refractivity contribution in [3.05, 3.63) is 122 Å². The predicted molar refractivity (Wildman–Crippen MR) is 165 cm³/mol. The van der Waals surface area contributed by atoms with Gasteiger partial charge in [0.05, 0.1) is 12.5 Å². The fraction of sp³-hybridized carbons (Fsp3) is 0.167. The number of ether oxygens (including phenoxy) is 4. The summed E-state index contributed by atoms with van der Waals surface area (Å²) in [5.41, 5.74) is 4.75. The van der Waals surface area contributed by atoms with E-state index >= 15 is 0 Å². The maximum absolute atomic E-state index is 5.87. The molecule has 40 heavy (non-hydrogen) atoms. The summed E-state index contributed by atoms with van der Waals surface area (Å²) in [4.78, 5) is 0. The van der Waals surface area contributed by atoms with Gasteiger partial charge in [-0.05, 0) is 81.9 Å². The Morgan fingerprint density at radius 2 is 0.800 bits per heavy atom. The van der Waals surface area contributed by atoms with Gasteiger partial charge >= 0.3 is 0 Å². The largest absolute Gasteiger partial charge is 0.498 e. The molecule has 0 aliphatic carbocycles. The predicted octanol–water partition coefficient (Wildman–Crippen LogP) is 9.19. The molecule has 202 valence electrons. The van der Waals surface area contributed by atoms with E-state index in [9.17, 15) is 0 Å². The van der Waals surface area contributed by atoms with Crippen LogP contribution in [0.5, 0.6) is 11.5 Å². The second-order valence-corrected chi connectivity index (χ2v) is 9.27. The Balaban J connectivity index is 1.49. The van der Waals surface area contributed by atoms with E-state index in [0.717, 1.165) is 22.6 Å². The first-order valence-electron chi connectivity index (χ1n) is 13.7. The van der Waals surface area contributed by atoms with Gasteiger partial charge < -0.3 is 18.9 Å². The highest BCUT2D eigenvalue weighted by atomic mass is 16.5. The van der Waals surface area contributed by atoms with E-state index in [4.69, 9.17) is 18.9 Å². The summed E-state index contributed by atoms with van der Waals surface area (Å²) in [6.07, 6.45) is 7.08. The van der Waals surface area contributed by atoms with Gasteiger partial charge in [-0.1, -0.05) is 84.9 Å². The summed E-state index contributed by atoms with van der Waals surface area (Å²) in [5.74, 6) is 1.66. The third kappa shape index (κ3) is 6.13. The summed E-state index contributed by atoms with van der Waals surface area (Å²) >= 11 is 0. The monoisotopic (exact) mass is 530 g/mol. The normalized spacial score (nSPS) is 11.4. The molecule has 0 amide bonds. The minimum Gasteiger partial charge on any atom is -0.498 e. The second-order valence-electron chi connectivity index (χ2n) is 9.27. The molecule has 4 nitrogen and oxygen atoms in total. The minimum atomic E-state index is 0.498. The number of hydrogen-bond donors (Lipinski definition) is 0. The Bertz CT molecular complexity index is 1420. The van der Waals surface area contributed by atoms with Crippen LogP contribution in [-0.4, -0.2) is 26.4 Å². The molecule has 5 aromatic carbocycles. The molecule has 0 heterocycles. The second kappa shape index (κ2) is 13.4. The van der Waals surface area contributed by atoms with Crippen LogP contribution >= 0.6 is 0 Å². The number of rotatable bonds is 12. The van der Waals surface area contributed by atoms with Gasteiger partial charge in [0.2, 0.25) is 0 Å². The van der Waals surface area contributed by atoms with Crippen molar-refractivity contribution in [1.29, 1.82) is 0 Å². The van der Waals surface area contributed by atoms with Crippen LogP contribution in [-0.2, 0) is 9.47 Å². The zero-order chi connectivity index (χ0) is 27.6. The van der Waals surface area contributed by atoms with Crippen molar-refractivity contribution in [3.8, 4) is 33.8 Å². The number of hydrogen-bond acceptors (Lipinski definition) is 4. The maximum atomic E-state index is 5.87. The van der Waals surface area contributed by atoms with Crippen LogP contribution in [0.4, 0.5) is 0 Å². The first-order valence-corrected chi connectivity index (χ1v) is 13.7. The van der Waals surface area contributed by atoms with Crippen molar-refractivity contribution in [2.45, 2.75) is 13.8 Å². The fourth-order valence-electron chi connectivity index (χ4n) is 4.93. The average Bonchev–Trinajstić information content (AvgIpc) is 3.00. The summed E-state index contributed by atoms with van der Waals surface area (Å²) in [6.45, 7) is 5.88. The minimum absolute atomic E-state index is 0.498. The highest BCUT2D eigenvalue weighted by molar-refractivity contribution is 6.21. The Morgan fingerprint density at radius 3 is 1.12 bits per heavy atom. The molecule has 0 fully saturated rings. The molecule has 0 unspecified atom stereocenters. The lowest BCUT2D eigenvalue weighted by molar-refractivity contribution is 0.179. The van der Waals surface area contributed by atoms with Crippen molar-refractivity contribution in [3.63, 3.8) is 0 Å². The lowest BCUT2D eigenvalue weighted by Gasteiger charge is -2.18. The zero-order valence-electron chi connectivity index (χ0n) is 23.0. The molecule has 0 saturated carbocycles. The van der Waals surface area contributed by atoms with Gasteiger partial charge in [0.15, 0.2) is 0 Å². The topological polar surface area (TPSA) is 36.9 Å². The fourth-order valence-corrected chi connectivity index (χ4v) is 4.93. The molecule has 0 aliphatic rings. The van der Waals surface area contributed by atoms with E-state index in [0.29, 0.717) is 26.4 Å². The van der Waals surface area contributed by atoms with E-state index in [1.54, 1.807) is 12.5 Å². The third-order valence-corrected chi connectivity index (χ3v) is 6.62. The quantitative estimate of drug-likeness (QED) is 0.0915. The van der Waals surface area contributed by atoms with Crippen LogP contribution in [0.25, 0.3) is 43.8 Å². The van der Waals surface area contributed by atoms with Crippen LogP contribution in [0.3, 0.4) is 0 Å². The SMILES string of the molecule is CC=COCCOc1ccc(-c2c3ccccc3c(-c3ccc(OCCOC=CC)cc3)c3ccccc23)cc1. The molecule has 0 N–H and O–H groups in total.